The largest absolute Gasteiger partial charge is 0.494 e. The van der Waals surface area contributed by atoms with Crippen molar-refractivity contribution in [1.29, 1.82) is 0 Å². The highest BCUT2D eigenvalue weighted by Crippen LogP contribution is 2.38. The first kappa shape index (κ1) is 19.5. The number of hydrogen-bond donors (Lipinski definition) is 2. The van der Waals surface area contributed by atoms with Crippen LogP contribution in [0.3, 0.4) is 0 Å². The lowest BCUT2D eigenvalue weighted by Crippen LogP contribution is -2.15. The molecule has 0 unspecified atom stereocenters. The molecule has 2 aromatic heterocycles. The van der Waals surface area contributed by atoms with Gasteiger partial charge in [-0.3, -0.25) is 19.6 Å². The number of ether oxygens (including phenoxy) is 1. The second kappa shape index (κ2) is 8.28. The van der Waals surface area contributed by atoms with Crippen LogP contribution >= 0.6 is 0 Å². The first-order chi connectivity index (χ1) is 14.6. The highest BCUT2D eigenvalue weighted by molar-refractivity contribution is 6.01. The van der Waals surface area contributed by atoms with Gasteiger partial charge in [-0.15, -0.1) is 0 Å². The topological polar surface area (TPSA) is 106 Å². The summed E-state index contributed by atoms with van der Waals surface area (Å²) in [4.78, 5) is 36.9. The standard InChI is InChI=1S/C22H21N5O3/c1-13(28)16-11-25-20(27-22(29)14-6-7-14)10-18(16)26-17-5-3-4-15(21(17)30-2)19-12-23-8-9-24-19/h3-5,8-12,14H,6-7H2,1-2H3,(H2,25,26,27,29). The Morgan fingerprint density at radius 3 is 2.60 bits per heavy atom. The van der Waals surface area contributed by atoms with E-state index < -0.39 is 0 Å². The van der Waals surface area contributed by atoms with Crippen LogP contribution in [0.1, 0.15) is 30.1 Å². The third-order valence-electron chi connectivity index (χ3n) is 4.81. The van der Waals surface area contributed by atoms with Crippen molar-refractivity contribution in [2.24, 2.45) is 5.92 Å². The lowest BCUT2D eigenvalue weighted by molar-refractivity contribution is -0.117. The van der Waals surface area contributed by atoms with E-state index in [2.05, 4.69) is 25.6 Å². The van der Waals surface area contributed by atoms with Crippen LogP contribution < -0.4 is 15.4 Å². The van der Waals surface area contributed by atoms with Crippen molar-refractivity contribution in [3.63, 3.8) is 0 Å². The number of nitrogens with one attached hydrogen (secondary N) is 2. The molecule has 0 atom stereocenters. The summed E-state index contributed by atoms with van der Waals surface area (Å²) in [6.07, 6.45) is 8.13. The van der Waals surface area contributed by atoms with Gasteiger partial charge in [-0.05, 0) is 31.9 Å². The third kappa shape index (κ3) is 4.12. The van der Waals surface area contributed by atoms with Gasteiger partial charge < -0.3 is 15.4 Å². The van der Waals surface area contributed by atoms with E-state index in [1.165, 1.54) is 13.1 Å². The zero-order chi connectivity index (χ0) is 21.1. The molecule has 2 heterocycles. The molecular weight excluding hydrogens is 382 g/mol. The Kier molecular flexibility index (Phi) is 5.38. The SMILES string of the molecule is COc1c(Nc2cc(NC(=O)C3CC3)ncc2C(C)=O)cccc1-c1cnccn1. The van der Waals surface area contributed by atoms with Crippen LogP contribution in [0.15, 0.2) is 49.1 Å². The molecule has 0 radical (unpaired) electrons. The molecule has 1 saturated carbocycles. The number of rotatable bonds is 7. The number of amides is 1. The van der Waals surface area contributed by atoms with Gasteiger partial charge in [0.25, 0.3) is 0 Å². The molecule has 2 N–H and O–H groups in total. The van der Waals surface area contributed by atoms with E-state index in [1.807, 2.05) is 18.2 Å². The average Bonchev–Trinajstić information content (AvgIpc) is 3.60. The Morgan fingerprint density at radius 1 is 1.10 bits per heavy atom. The van der Waals surface area contributed by atoms with Crippen LogP contribution in [0.2, 0.25) is 0 Å². The van der Waals surface area contributed by atoms with Gasteiger partial charge in [0.2, 0.25) is 5.91 Å². The van der Waals surface area contributed by atoms with Crippen LogP contribution in [0.4, 0.5) is 17.2 Å². The second-order valence-corrected chi connectivity index (χ2v) is 7.04. The van der Waals surface area contributed by atoms with Gasteiger partial charge in [0, 0.05) is 36.1 Å². The van der Waals surface area contributed by atoms with Gasteiger partial charge in [-0.25, -0.2) is 4.98 Å². The van der Waals surface area contributed by atoms with Crippen molar-refractivity contribution in [3.05, 3.63) is 54.6 Å². The average molecular weight is 403 g/mol. The summed E-state index contributed by atoms with van der Waals surface area (Å²) in [6, 6.07) is 7.24. The molecule has 3 aromatic rings. The van der Waals surface area contributed by atoms with Crippen molar-refractivity contribution in [2.45, 2.75) is 19.8 Å². The van der Waals surface area contributed by atoms with E-state index in [1.54, 1.807) is 31.8 Å². The number of hydrogen-bond acceptors (Lipinski definition) is 7. The van der Waals surface area contributed by atoms with Gasteiger partial charge >= 0.3 is 0 Å². The van der Waals surface area contributed by atoms with Crippen molar-refractivity contribution >= 4 is 28.9 Å². The summed E-state index contributed by atoms with van der Waals surface area (Å²) < 4.78 is 5.64. The van der Waals surface area contributed by atoms with Gasteiger partial charge in [0.05, 0.1) is 35.9 Å². The number of para-hydroxylation sites is 1. The molecule has 0 aliphatic heterocycles. The van der Waals surface area contributed by atoms with Crippen LogP contribution in [0.25, 0.3) is 11.3 Å². The molecule has 8 heteroatoms. The molecule has 152 valence electrons. The van der Waals surface area contributed by atoms with Crippen molar-refractivity contribution in [3.8, 4) is 17.0 Å². The fourth-order valence-electron chi connectivity index (χ4n) is 3.12. The lowest BCUT2D eigenvalue weighted by atomic mass is 10.1. The summed E-state index contributed by atoms with van der Waals surface area (Å²) >= 11 is 0. The summed E-state index contributed by atoms with van der Waals surface area (Å²) in [6.45, 7) is 1.47. The van der Waals surface area contributed by atoms with Gasteiger partial charge in [-0.2, -0.15) is 0 Å². The Hall–Kier alpha value is -3.81. The van der Waals surface area contributed by atoms with Crippen molar-refractivity contribution in [2.75, 3.05) is 17.7 Å². The molecule has 1 fully saturated rings. The fourth-order valence-corrected chi connectivity index (χ4v) is 3.12. The number of methoxy groups -OCH3 is 1. The Morgan fingerprint density at radius 2 is 1.93 bits per heavy atom. The Labute approximate surface area is 173 Å². The maximum Gasteiger partial charge on any atom is 0.228 e. The van der Waals surface area contributed by atoms with Crippen molar-refractivity contribution in [1.82, 2.24) is 15.0 Å². The fraction of sp³-hybridized carbons (Fsp3) is 0.227. The normalized spacial score (nSPS) is 12.9. The number of aromatic nitrogens is 3. The van der Waals surface area contributed by atoms with Crippen LogP contribution in [0.5, 0.6) is 5.75 Å². The van der Waals surface area contributed by atoms with E-state index in [0.29, 0.717) is 34.2 Å². The quantitative estimate of drug-likeness (QED) is 0.577. The molecule has 1 aliphatic rings. The first-order valence-electron chi connectivity index (χ1n) is 9.59. The molecule has 0 saturated heterocycles. The number of Topliss-reactive ketones (excluding diaryl/α,β-unsaturated/α-hetero) is 1. The van der Waals surface area contributed by atoms with Gasteiger partial charge in [0.15, 0.2) is 11.5 Å². The number of pyridine rings is 1. The summed E-state index contributed by atoms with van der Waals surface area (Å²) in [5.74, 6) is 0.816. The zero-order valence-corrected chi connectivity index (χ0v) is 16.7. The molecular formula is C22H21N5O3. The minimum atomic E-state index is -0.144. The smallest absolute Gasteiger partial charge is 0.228 e. The minimum Gasteiger partial charge on any atom is -0.494 e. The zero-order valence-electron chi connectivity index (χ0n) is 16.7. The number of carbonyl (C=O) groups excluding carboxylic acids is 2. The first-order valence-corrected chi connectivity index (χ1v) is 9.59. The van der Waals surface area contributed by atoms with E-state index in [4.69, 9.17) is 4.74 Å². The van der Waals surface area contributed by atoms with Crippen LogP contribution in [0, 0.1) is 5.92 Å². The van der Waals surface area contributed by atoms with E-state index >= 15 is 0 Å². The molecule has 30 heavy (non-hydrogen) atoms. The Bertz CT molecular complexity index is 1100. The van der Waals surface area contributed by atoms with Gasteiger partial charge in [0.1, 0.15) is 5.82 Å². The maximum atomic E-state index is 12.1. The minimum absolute atomic E-state index is 0.0498. The number of carbonyl (C=O) groups is 2. The number of nitrogens with zero attached hydrogens (tertiary/aromatic N) is 3. The van der Waals surface area contributed by atoms with Crippen molar-refractivity contribution < 1.29 is 14.3 Å². The highest BCUT2D eigenvalue weighted by atomic mass is 16.5. The van der Waals surface area contributed by atoms with Gasteiger partial charge in [-0.1, -0.05) is 6.07 Å². The molecule has 1 amide bonds. The van der Waals surface area contributed by atoms with E-state index in [-0.39, 0.29) is 17.6 Å². The highest BCUT2D eigenvalue weighted by Gasteiger charge is 2.30. The molecule has 1 aromatic carbocycles. The number of anilines is 3. The molecule has 0 bridgehead atoms. The third-order valence-corrected chi connectivity index (χ3v) is 4.81. The molecule has 1 aliphatic carbocycles. The Balaban J connectivity index is 1.70. The summed E-state index contributed by atoms with van der Waals surface area (Å²) in [7, 11) is 1.57. The number of ketones is 1. The predicted octanol–water partition coefficient (Wildman–Crippen LogP) is 3.84. The predicted molar refractivity (Wildman–Crippen MR) is 113 cm³/mol. The maximum absolute atomic E-state index is 12.1. The lowest BCUT2D eigenvalue weighted by Gasteiger charge is -2.17. The van der Waals surface area contributed by atoms with Crippen LogP contribution in [-0.4, -0.2) is 33.8 Å². The number of benzene rings is 1. The second-order valence-electron chi connectivity index (χ2n) is 7.04. The summed E-state index contributed by atoms with van der Waals surface area (Å²) in [5, 5.41) is 6.07. The van der Waals surface area contributed by atoms with E-state index in [9.17, 15) is 9.59 Å². The molecule has 8 nitrogen and oxygen atoms in total. The van der Waals surface area contributed by atoms with E-state index in [0.717, 1.165) is 18.4 Å². The molecule has 0 spiro atoms. The molecule has 4 rings (SSSR count). The van der Waals surface area contributed by atoms with Crippen LogP contribution in [-0.2, 0) is 4.79 Å². The summed E-state index contributed by atoms with van der Waals surface area (Å²) in [5.41, 5.74) is 3.01. The monoisotopic (exact) mass is 403 g/mol.